The van der Waals surface area contributed by atoms with E-state index in [-0.39, 0.29) is 23.1 Å². The van der Waals surface area contributed by atoms with Gasteiger partial charge in [-0.3, -0.25) is 4.79 Å². The summed E-state index contributed by atoms with van der Waals surface area (Å²) in [7, 11) is 0. The minimum absolute atomic E-state index is 0.0152. The lowest BCUT2D eigenvalue weighted by Gasteiger charge is -2.33. The molecular weight excluding hydrogens is 262 g/mol. The Kier molecular flexibility index (Phi) is 4.43. The molecule has 19 heavy (non-hydrogen) atoms. The van der Waals surface area contributed by atoms with Crippen LogP contribution in [-0.4, -0.2) is 39.1 Å². The van der Waals surface area contributed by atoms with Crippen LogP contribution in [0.1, 0.15) is 40.0 Å². The fourth-order valence-corrected chi connectivity index (χ4v) is 4.69. The first-order valence-electron chi connectivity index (χ1n) is 7.10. The monoisotopic (exact) mass is 285 g/mol. The minimum atomic E-state index is -0.866. The van der Waals surface area contributed by atoms with E-state index in [9.17, 15) is 14.7 Å². The molecule has 1 N–H and O–H groups in total. The first-order valence-corrected chi connectivity index (χ1v) is 8.15. The summed E-state index contributed by atoms with van der Waals surface area (Å²) in [5, 5.41) is 9.35. The zero-order valence-corrected chi connectivity index (χ0v) is 12.7. The maximum Gasteiger partial charge on any atom is 0.327 e. The maximum absolute atomic E-state index is 12.7. The molecule has 4 atom stereocenters. The molecule has 0 aromatic carbocycles. The Morgan fingerprint density at radius 1 is 1.32 bits per heavy atom. The van der Waals surface area contributed by atoms with Crippen LogP contribution in [0.3, 0.4) is 0 Å². The topological polar surface area (TPSA) is 57.6 Å². The largest absolute Gasteiger partial charge is 0.480 e. The summed E-state index contributed by atoms with van der Waals surface area (Å²) in [5.41, 5.74) is 0. The molecule has 0 bridgehead atoms. The predicted octanol–water partition coefficient (Wildman–Crippen LogP) is 2.43. The fourth-order valence-electron chi connectivity index (χ4n) is 3.21. The van der Waals surface area contributed by atoms with E-state index in [1.807, 2.05) is 0 Å². The highest BCUT2D eigenvalue weighted by atomic mass is 32.2. The van der Waals surface area contributed by atoms with E-state index >= 15 is 0 Å². The van der Waals surface area contributed by atoms with Crippen LogP contribution in [0.15, 0.2) is 0 Å². The average Bonchev–Trinajstić information content (AvgIpc) is 2.93. The first kappa shape index (κ1) is 14.7. The second-order valence-corrected chi connectivity index (χ2v) is 7.23. The average molecular weight is 285 g/mol. The highest BCUT2D eigenvalue weighted by Crippen LogP contribution is 2.39. The lowest BCUT2D eigenvalue weighted by molar-refractivity contribution is -0.152. The Hall–Kier alpha value is -0.710. The van der Waals surface area contributed by atoms with Crippen molar-refractivity contribution in [3.8, 4) is 0 Å². The van der Waals surface area contributed by atoms with Crippen LogP contribution in [-0.2, 0) is 9.59 Å². The van der Waals surface area contributed by atoms with Crippen LogP contribution in [0, 0.1) is 17.8 Å². The SMILES string of the molecule is CC(C)C1SCC(C(=O)O)N1C(=O)C1CCCC1C. The summed E-state index contributed by atoms with van der Waals surface area (Å²) in [5.74, 6) is 0.429. The van der Waals surface area contributed by atoms with Crippen molar-refractivity contribution < 1.29 is 14.7 Å². The summed E-state index contributed by atoms with van der Waals surface area (Å²) in [4.78, 5) is 25.8. The molecule has 4 nitrogen and oxygen atoms in total. The third-order valence-corrected chi connectivity index (χ3v) is 5.94. The van der Waals surface area contributed by atoms with Crippen molar-refractivity contribution in [2.75, 3.05) is 5.75 Å². The van der Waals surface area contributed by atoms with Gasteiger partial charge >= 0.3 is 5.97 Å². The van der Waals surface area contributed by atoms with Gasteiger partial charge in [0.05, 0.1) is 5.37 Å². The van der Waals surface area contributed by atoms with Crippen LogP contribution in [0.25, 0.3) is 0 Å². The van der Waals surface area contributed by atoms with Crippen molar-refractivity contribution in [2.45, 2.75) is 51.4 Å². The number of carboxylic acids is 1. The normalized spacial score (nSPS) is 35.1. The van der Waals surface area contributed by atoms with Gasteiger partial charge in [-0.1, -0.05) is 27.2 Å². The van der Waals surface area contributed by atoms with E-state index in [0.29, 0.717) is 11.7 Å². The third kappa shape index (κ3) is 2.76. The standard InChI is InChI=1S/C14H23NO3S/c1-8(2)13-15(11(7-19-13)14(17)18)12(16)10-6-4-5-9(10)3/h8-11,13H,4-7H2,1-3H3,(H,17,18). The molecular formula is C14H23NO3S. The zero-order valence-electron chi connectivity index (χ0n) is 11.8. The van der Waals surface area contributed by atoms with Crippen LogP contribution in [0.2, 0.25) is 0 Å². The summed E-state index contributed by atoms with van der Waals surface area (Å²) >= 11 is 1.61. The van der Waals surface area contributed by atoms with Crippen molar-refractivity contribution >= 4 is 23.6 Å². The summed E-state index contributed by atoms with van der Waals surface area (Å²) in [6.07, 6.45) is 3.09. The van der Waals surface area contributed by atoms with Crippen LogP contribution in [0.5, 0.6) is 0 Å². The fraction of sp³-hybridized carbons (Fsp3) is 0.857. The Balaban J connectivity index is 2.20. The van der Waals surface area contributed by atoms with E-state index in [1.54, 1.807) is 16.7 Å². The lowest BCUT2D eigenvalue weighted by atomic mass is 9.95. The maximum atomic E-state index is 12.7. The molecule has 0 spiro atoms. The molecule has 0 aromatic rings. The van der Waals surface area contributed by atoms with Crippen molar-refractivity contribution in [2.24, 2.45) is 17.8 Å². The van der Waals surface area contributed by atoms with Crippen molar-refractivity contribution in [3.63, 3.8) is 0 Å². The van der Waals surface area contributed by atoms with Gasteiger partial charge in [0.25, 0.3) is 0 Å². The number of aliphatic carboxylic acids is 1. The molecule has 1 aliphatic heterocycles. The number of hydrogen-bond acceptors (Lipinski definition) is 3. The van der Waals surface area contributed by atoms with Crippen molar-refractivity contribution in [1.82, 2.24) is 4.90 Å². The van der Waals surface area contributed by atoms with Gasteiger partial charge in [-0.25, -0.2) is 4.79 Å². The number of rotatable bonds is 3. The molecule has 1 saturated carbocycles. The van der Waals surface area contributed by atoms with Crippen molar-refractivity contribution in [3.05, 3.63) is 0 Å². The molecule has 2 fully saturated rings. The van der Waals surface area contributed by atoms with E-state index in [4.69, 9.17) is 0 Å². The van der Waals surface area contributed by atoms with Gasteiger partial charge < -0.3 is 10.0 Å². The van der Waals surface area contributed by atoms with Gasteiger partial charge in [0.15, 0.2) is 0 Å². The molecule has 0 radical (unpaired) electrons. The van der Waals surface area contributed by atoms with Gasteiger partial charge in [-0.15, -0.1) is 11.8 Å². The van der Waals surface area contributed by atoms with Gasteiger partial charge in [0.2, 0.25) is 5.91 Å². The Morgan fingerprint density at radius 3 is 2.47 bits per heavy atom. The molecule has 2 aliphatic rings. The molecule has 1 aliphatic carbocycles. The summed E-state index contributed by atoms with van der Waals surface area (Å²) < 4.78 is 0. The molecule has 1 amide bonds. The quantitative estimate of drug-likeness (QED) is 0.865. The Bertz CT molecular complexity index is 372. The number of nitrogens with zero attached hydrogens (tertiary/aromatic N) is 1. The Morgan fingerprint density at radius 2 is 2.00 bits per heavy atom. The minimum Gasteiger partial charge on any atom is -0.480 e. The van der Waals surface area contributed by atoms with Gasteiger partial charge in [-0.05, 0) is 24.7 Å². The molecule has 4 unspecified atom stereocenters. The zero-order chi connectivity index (χ0) is 14.2. The summed E-state index contributed by atoms with van der Waals surface area (Å²) in [6.45, 7) is 6.22. The number of carbonyl (C=O) groups is 2. The molecule has 0 aromatic heterocycles. The van der Waals surface area contributed by atoms with Crippen LogP contribution >= 0.6 is 11.8 Å². The number of thioether (sulfide) groups is 1. The second kappa shape index (κ2) is 5.73. The van der Waals surface area contributed by atoms with E-state index in [0.717, 1.165) is 19.3 Å². The lowest BCUT2D eigenvalue weighted by Crippen LogP contribution is -2.49. The summed E-state index contributed by atoms with van der Waals surface area (Å²) in [6, 6.07) is -0.641. The molecule has 2 rings (SSSR count). The van der Waals surface area contributed by atoms with Crippen LogP contribution < -0.4 is 0 Å². The number of carboxylic acid groups (broad SMARTS) is 1. The number of hydrogen-bond donors (Lipinski definition) is 1. The highest BCUT2D eigenvalue weighted by molar-refractivity contribution is 8.00. The molecule has 1 saturated heterocycles. The van der Waals surface area contributed by atoms with Gasteiger partial charge in [-0.2, -0.15) is 0 Å². The first-order chi connectivity index (χ1) is 8.93. The molecule has 5 heteroatoms. The highest BCUT2D eigenvalue weighted by Gasteiger charge is 2.46. The smallest absolute Gasteiger partial charge is 0.327 e. The van der Waals surface area contributed by atoms with E-state index in [2.05, 4.69) is 20.8 Å². The van der Waals surface area contributed by atoms with Gasteiger partial charge in [0.1, 0.15) is 6.04 Å². The molecule has 108 valence electrons. The van der Waals surface area contributed by atoms with Crippen molar-refractivity contribution in [1.29, 1.82) is 0 Å². The second-order valence-electron chi connectivity index (χ2n) is 6.08. The van der Waals surface area contributed by atoms with E-state index in [1.165, 1.54) is 0 Å². The predicted molar refractivity (Wildman–Crippen MR) is 75.9 cm³/mol. The Labute approximate surface area is 118 Å². The third-order valence-electron chi connectivity index (χ3n) is 4.32. The van der Waals surface area contributed by atoms with Crippen LogP contribution in [0.4, 0.5) is 0 Å². The molecule has 1 heterocycles. The van der Waals surface area contributed by atoms with Gasteiger partial charge in [0, 0.05) is 11.7 Å². The van der Waals surface area contributed by atoms with E-state index < -0.39 is 12.0 Å². The number of carbonyl (C=O) groups excluding carboxylic acids is 1. The number of amides is 1.